The van der Waals surface area contributed by atoms with Crippen molar-refractivity contribution in [1.29, 1.82) is 5.26 Å². The average Bonchev–Trinajstić information content (AvgIpc) is 3.55. The van der Waals surface area contributed by atoms with E-state index in [-0.39, 0.29) is 23.4 Å². The van der Waals surface area contributed by atoms with Crippen LogP contribution in [0.15, 0.2) is 45.4 Å². The van der Waals surface area contributed by atoms with Crippen molar-refractivity contribution < 1.29 is 13.6 Å². The lowest BCUT2D eigenvalue weighted by Crippen LogP contribution is -2.44. The smallest absolute Gasteiger partial charge is 0.266 e. The van der Waals surface area contributed by atoms with Crippen LogP contribution in [0, 0.1) is 24.2 Å². The second kappa shape index (κ2) is 9.84. The van der Waals surface area contributed by atoms with Gasteiger partial charge in [0.1, 0.15) is 6.07 Å². The monoisotopic (exact) mass is 474 g/mol. The number of anilines is 3. The van der Waals surface area contributed by atoms with Gasteiger partial charge in [-0.25, -0.2) is 0 Å². The number of aryl methyl sites for hydroxylation is 1. The van der Waals surface area contributed by atoms with Crippen LogP contribution in [0.3, 0.4) is 0 Å². The first-order valence-corrected chi connectivity index (χ1v) is 12.1. The zero-order valence-corrected chi connectivity index (χ0v) is 20.2. The Labute approximate surface area is 204 Å². The molecule has 0 saturated carbocycles. The molecule has 0 aliphatic carbocycles. The number of amides is 1. The van der Waals surface area contributed by atoms with Crippen LogP contribution in [-0.4, -0.2) is 62.1 Å². The minimum atomic E-state index is -0.0955. The quantitative estimate of drug-likeness (QED) is 0.597. The van der Waals surface area contributed by atoms with Gasteiger partial charge in [-0.1, -0.05) is 0 Å². The molecule has 9 nitrogen and oxygen atoms in total. The van der Waals surface area contributed by atoms with Gasteiger partial charge < -0.3 is 28.9 Å². The lowest BCUT2D eigenvalue weighted by atomic mass is 9.95. The van der Waals surface area contributed by atoms with Crippen LogP contribution in [0.25, 0.3) is 11.7 Å². The fourth-order valence-electron chi connectivity index (χ4n) is 4.83. The summed E-state index contributed by atoms with van der Waals surface area (Å²) in [6.07, 6.45) is 2.88. The number of nitrogens with one attached hydrogen (secondary N) is 1. The maximum atomic E-state index is 13.0. The van der Waals surface area contributed by atoms with Crippen LogP contribution in [-0.2, 0) is 4.79 Å². The molecule has 4 heterocycles. The number of nitrogens with zero attached hydrogens (tertiary/aromatic N) is 5. The normalized spacial score (nSPS) is 17.4. The number of aromatic nitrogens is 1. The number of piperidine rings is 1. The van der Waals surface area contributed by atoms with E-state index in [1.165, 1.54) is 17.5 Å². The summed E-state index contributed by atoms with van der Waals surface area (Å²) < 4.78 is 11.2. The molecule has 1 aromatic carbocycles. The molecule has 0 radical (unpaired) electrons. The van der Waals surface area contributed by atoms with Crippen molar-refractivity contribution in [2.24, 2.45) is 5.92 Å². The number of oxazole rings is 1. The first-order valence-electron chi connectivity index (χ1n) is 12.1. The second-order valence-electron chi connectivity index (χ2n) is 9.30. The fourth-order valence-corrected chi connectivity index (χ4v) is 4.83. The van der Waals surface area contributed by atoms with Gasteiger partial charge in [0.15, 0.2) is 5.76 Å². The van der Waals surface area contributed by atoms with E-state index in [4.69, 9.17) is 8.83 Å². The Morgan fingerprint density at radius 2 is 1.89 bits per heavy atom. The Balaban J connectivity index is 1.19. The first kappa shape index (κ1) is 23.0. The molecule has 2 aliphatic heterocycles. The Morgan fingerprint density at radius 3 is 2.54 bits per heavy atom. The predicted octanol–water partition coefficient (Wildman–Crippen LogP) is 3.72. The zero-order valence-electron chi connectivity index (χ0n) is 20.2. The number of nitriles is 1. The SMILES string of the molecule is Cc1cc(NC(=O)C2CCN(c3oc(-c4ccco4)nc3C#N)CC2)ccc1N1CCN(C)CC1. The predicted molar refractivity (Wildman–Crippen MR) is 133 cm³/mol. The van der Waals surface area contributed by atoms with Gasteiger partial charge in [0.2, 0.25) is 17.5 Å². The van der Waals surface area contributed by atoms with E-state index in [1.54, 1.807) is 12.1 Å². The summed E-state index contributed by atoms with van der Waals surface area (Å²) in [5.74, 6) is 1.15. The van der Waals surface area contributed by atoms with Gasteiger partial charge >= 0.3 is 0 Å². The lowest BCUT2D eigenvalue weighted by Gasteiger charge is -2.35. The molecule has 0 atom stereocenters. The standard InChI is InChI=1S/C26H30N6O3/c1-18-16-20(5-6-22(18)31-13-11-30(2)12-14-31)28-24(33)19-7-9-32(10-8-19)26-21(17-27)29-25(35-26)23-4-3-15-34-23/h3-6,15-16,19H,7-14H2,1-2H3,(H,28,33). The molecule has 2 fully saturated rings. The zero-order chi connectivity index (χ0) is 24.4. The van der Waals surface area contributed by atoms with E-state index in [0.29, 0.717) is 37.6 Å². The number of carbonyl (C=O) groups is 1. The van der Waals surface area contributed by atoms with E-state index in [1.807, 2.05) is 11.0 Å². The van der Waals surface area contributed by atoms with Crippen LogP contribution in [0.2, 0.25) is 0 Å². The van der Waals surface area contributed by atoms with E-state index in [9.17, 15) is 10.1 Å². The highest BCUT2D eigenvalue weighted by Crippen LogP contribution is 2.32. The number of likely N-dealkylation sites (N-methyl/N-ethyl adjacent to an activating group) is 1. The Morgan fingerprint density at radius 1 is 1.11 bits per heavy atom. The van der Waals surface area contributed by atoms with E-state index < -0.39 is 0 Å². The van der Waals surface area contributed by atoms with E-state index in [0.717, 1.165) is 31.9 Å². The molecular formula is C26H30N6O3. The van der Waals surface area contributed by atoms with Gasteiger partial charge in [0.25, 0.3) is 5.89 Å². The largest absolute Gasteiger partial charge is 0.459 e. The second-order valence-corrected chi connectivity index (χ2v) is 9.30. The highest BCUT2D eigenvalue weighted by atomic mass is 16.4. The number of furan rings is 1. The van der Waals surface area contributed by atoms with Crippen molar-refractivity contribution in [1.82, 2.24) is 9.88 Å². The van der Waals surface area contributed by atoms with Crippen LogP contribution < -0.4 is 15.1 Å². The summed E-state index contributed by atoms with van der Waals surface area (Å²) in [5.41, 5.74) is 3.47. The number of hydrogen-bond acceptors (Lipinski definition) is 8. The lowest BCUT2D eigenvalue weighted by molar-refractivity contribution is -0.120. The maximum absolute atomic E-state index is 13.0. The van der Waals surface area contributed by atoms with Gasteiger partial charge in [0, 0.05) is 56.6 Å². The number of benzene rings is 1. The van der Waals surface area contributed by atoms with Crippen molar-refractivity contribution in [3.05, 3.63) is 47.9 Å². The number of piperazine rings is 1. The Kier molecular flexibility index (Phi) is 6.47. The number of hydrogen-bond donors (Lipinski definition) is 1. The number of rotatable bonds is 5. The van der Waals surface area contributed by atoms with E-state index in [2.05, 4.69) is 52.3 Å². The Hall–Kier alpha value is -3.77. The highest BCUT2D eigenvalue weighted by molar-refractivity contribution is 5.93. The molecule has 0 unspecified atom stereocenters. The number of carbonyl (C=O) groups excluding carboxylic acids is 1. The molecule has 2 aromatic heterocycles. The van der Waals surface area contributed by atoms with Gasteiger partial charge in [-0.05, 0) is 62.7 Å². The van der Waals surface area contributed by atoms with Crippen LogP contribution in [0.1, 0.15) is 24.1 Å². The summed E-state index contributed by atoms with van der Waals surface area (Å²) in [6, 6.07) is 11.8. The van der Waals surface area contributed by atoms with Crippen LogP contribution in [0.4, 0.5) is 17.3 Å². The molecule has 0 bridgehead atoms. The molecular weight excluding hydrogens is 444 g/mol. The van der Waals surface area contributed by atoms with Gasteiger partial charge in [-0.15, -0.1) is 0 Å². The molecule has 182 valence electrons. The third-order valence-electron chi connectivity index (χ3n) is 6.91. The topological polar surface area (TPSA) is 102 Å². The van der Waals surface area contributed by atoms with E-state index >= 15 is 0 Å². The van der Waals surface area contributed by atoms with Crippen LogP contribution in [0.5, 0.6) is 0 Å². The molecule has 2 saturated heterocycles. The van der Waals surface area contributed by atoms with Crippen molar-refractivity contribution in [3.8, 4) is 17.7 Å². The Bertz CT molecular complexity index is 1210. The summed E-state index contributed by atoms with van der Waals surface area (Å²) >= 11 is 0. The van der Waals surface area contributed by atoms with Crippen LogP contribution >= 0.6 is 0 Å². The molecule has 1 N–H and O–H groups in total. The first-order chi connectivity index (χ1) is 17.0. The van der Waals surface area contributed by atoms with Gasteiger partial charge in [-0.2, -0.15) is 10.2 Å². The average molecular weight is 475 g/mol. The third kappa shape index (κ3) is 4.88. The summed E-state index contributed by atoms with van der Waals surface area (Å²) in [7, 11) is 2.15. The molecule has 0 spiro atoms. The van der Waals surface area contributed by atoms with Crippen molar-refractivity contribution in [3.63, 3.8) is 0 Å². The summed E-state index contributed by atoms with van der Waals surface area (Å²) in [4.78, 5) is 24.0. The maximum Gasteiger partial charge on any atom is 0.266 e. The molecule has 2 aliphatic rings. The van der Waals surface area contributed by atoms with Crippen molar-refractivity contribution in [2.75, 3.05) is 61.4 Å². The minimum Gasteiger partial charge on any atom is -0.459 e. The molecule has 3 aromatic rings. The van der Waals surface area contributed by atoms with Gasteiger partial charge in [0.05, 0.1) is 6.26 Å². The van der Waals surface area contributed by atoms with Gasteiger partial charge in [-0.3, -0.25) is 4.79 Å². The molecule has 9 heteroatoms. The fraction of sp³-hybridized carbons (Fsp3) is 0.423. The molecule has 1 amide bonds. The van der Waals surface area contributed by atoms with Crippen molar-refractivity contribution in [2.45, 2.75) is 19.8 Å². The molecule has 35 heavy (non-hydrogen) atoms. The summed E-state index contributed by atoms with van der Waals surface area (Å²) in [5, 5.41) is 12.6. The third-order valence-corrected chi connectivity index (χ3v) is 6.91. The minimum absolute atomic E-state index is 0.0331. The van der Waals surface area contributed by atoms with Crippen molar-refractivity contribution >= 4 is 23.2 Å². The summed E-state index contributed by atoms with van der Waals surface area (Å²) in [6.45, 7) is 7.48. The molecule has 5 rings (SSSR count). The highest BCUT2D eigenvalue weighted by Gasteiger charge is 2.29.